The van der Waals surface area contributed by atoms with Gasteiger partial charge in [-0.15, -0.1) is 0 Å². The highest BCUT2D eigenvalue weighted by molar-refractivity contribution is 6.35. The molecule has 1 aromatic carbocycles. The Morgan fingerprint density at radius 2 is 1.09 bits per heavy atom. The van der Waals surface area contributed by atoms with Crippen LogP contribution in [0.2, 0.25) is 10.0 Å². The summed E-state index contributed by atoms with van der Waals surface area (Å²) < 4.78 is 56.1. The van der Waals surface area contributed by atoms with Gasteiger partial charge >= 0.3 is 41.8 Å². The second kappa shape index (κ2) is 20.9. The average molecular weight is 835 g/mol. The number of rotatable bonds is 14. The van der Waals surface area contributed by atoms with Gasteiger partial charge in [0, 0.05) is 64.6 Å². The molecule has 2 saturated heterocycles. The van der Waals surface area contributed by atoms with Gasteiger partial charge in [-0.1, -0.05) is 29.3 Å². The van der Waals surface area contributed by atoms with E-state index in [0.29, 0.717) is 10.6 Å². The van der Waals surface area contributed by atoms with Crippen LogP contribution in [0.25, 0.3) is 6.08 Å². The Morgan fingerprint density at radius 1 is 0.607 bits per heavy atom. The maximum Gasteiger partial charge on any atom is 0.305 e. The van der Waals surface area contributed by atoms with E-state index >= 15 is 0 Å². The summed E-state index contributed by atoms with van der Waals surface area (Å²) in [6.07, 6.45) is -12.5. The number of esters is 7. The Morgan fingerprint density at radius 3 is 1.61 bits per heavy atom. The van der Waals surface area contributed by atoms with Crippen molar-refractivity contribution in [2.75, 3.05) is 13.2 Å². The molecule has 2 fully saturated rings. The molecule has 3 rings (SSSR count). The van der Waals surface area contributed by atoms with Crippen molar-refractivity contribution >= 4 is 77.0 Å². The van der Waals surface area contributed by atoms with E-state index in [4.69, 9.17) is 70.6 Å². The van der Waals surface area contributed by atoms with Crippen molar-refractivity contribution in [3.05, 3.63) is 39.9 Å². The minimum Gasteiger partial charge on any atom is -0.463 e. The lowest BCUT2D eigenvalue weighted by atomic mass is 9.94. The Balaban J connectivity index is 2.17. The number of nitrogens with one attached hydrogen (secondary N) is 1. The highest BCUT2D eigenvalue weighted by atomic mass is 35.5. The number of amides is 1. The smallest absolute Gasteiger partial charge is 0.305 e. The van der Waals surface area contributed by atoms with Crippen molar-refractivity contribution in [2.45, 2.75) is 110 Å². The summed E-state index contributed by atoms with van der Waals surface area (Å²) in [5, 5.41) is 3.12. The van der Waals surface area contributed by atoms with Gasteiger partial charge in [-0.3, -0.25) is 38.4 Å². The highest BCUT2D eigenvalue weighted by Crippen LogP contribution is 2.35. The van der Waals surface area contributed by atoms with E-state index in [1.165, 1.54) is 18.2 Å². The van der Waals surface area contributed by atoms with Crippen molar-refractivity contribution in [1.29, 1.82) is 0 Å². The fourth-order valence-electron chi connectivity index (χ4n) is 5.62. The van der Waals surface area contributed by atoms with E-state index in [-0.39, 0.29) is 5.02 Å². The third kappa shape index (κ3) is 13.7. The molecule has 308 valence electrons. The number of ether oxygens (including phenoxy) is 10. The quantitative estimate of drug-likeness (QED) is 0.159. The molecule has 0 aromatic heterocycles. The molecule has 0 saturated carbocycles. The van der Waals surface area contributed by atoms with E-state index in [0.717, 1.165) is 54.5 Å². The number of halogens is 2. The first-order valence-corrected chi connectivity index (χ1v) is 17.5. The maximum atomic E-state index is 13.4. The number of benzene rings is 1. The molecule has 1 N–H and O–H groups in total. The van der Waals surface area contributed by atoms with Gasteiger partial charge in [-0.2, -0.15) is 0 Å². The number of hydrogen-bond acceptors (Lipinski definition) is 18. The van der Waals surface area contributed by atoms with Gasteiger partial charge in [0.05, 0.1) is 0 Å². The zero-order valence-electron chi connectivity index (χ0n) is 31.2. The van der Waals surface area contributed by atoms with E-state index in [2.05, 4.69) is 5.32 Å². The van der Waals surface area contributed by atoms with Crippen LogP contribution < -0.4 is 5.32 Å². The second-order valence-corrected chi connectivity index (χ2v) is 13.1. The minimum absolute atomic E-state index is 0.213. The molecule has 10 atom stereocenters. The van der Waals surface area contributed by atoms with Gasteiger partial charge in [-0.25, -0.2) is 0 Å². The standard InChI is InChI=1S/C35H41Cl2NO18/c1-15(39)47-13-25-29(56-35-33(52-20(6)44)32(51-19(5)43)30(49-17(3)41)26(55-35)14-48-16(2)40)31(50-18(4)42)28(34(54-25)53-21(7)45)38-27(46)11-9-22-8-10-23(36)12-24(22)37/h8-12,25-26,28-35H,13-14H2,1-7H3,(H,38,46)/b11-9+/t25-,26-,28-,29-,30+,31-,32+,33-,34-,35+/m0/s1. The molecule has 1 aromatic rings. The topological polar surface area (TPSA) is 241 Å². The lowest BCUT2D eigenvalue weighted by Crippen LogP contribution is -2.69. The lowest BCUT2D eigenvalue weighted by molar-refractivity contribution is -0.348. The number of carbonyl (C=O) groups is 8. The Labute approximate surface area is 330 Å². The van der Waals surface area contributed by atoms with Crippen molar-refractivity contribution in [1.82, 2.24) is 5.32 Å². The number of hydrogen-bond donors (Lipinski definition) is 1. The molecular formula is C35H41Cl2NO18. The Hall–Kier alpha value is -4.82. The summed E-state index contributed by atoms with van der Waals surface area (Å²) in [4.78, 5) is 99.2. The first-order chi connectivity index (χ1) is 26.2. The van der Waals surface area contributed by atoms with Gasteiger partial charge in [0.25, 0.3) is 0 Å². The first kappa shape index (κ1) is 45.6. The summed E-state index contributed by atoms with van der Waals surface area (Å²) in [5.41, 5.74) is 0.394. The largest absolute Gasteiger partial charge is 0.463 e. The molecule has 2 aliphatic rings. The van der Waals surface area contributed by atoms with Crippen LogP contribution in [0.1, 0.15) is 54.0 Å². The molecule has 1 amide bonds. The second-order valence-electron chi connectivity index (χ2n) is 12.2. The summed E-state index contributed by atoms with van der Waals surface area (Å²) in [6, 6.07) is 2.94. The molecule has 0 aliphatic carbocycles. The SMILES string of the molecule is CC(=O)OC[C@@H]1O[C@H](OC(C)=O)[C@@H](NC(=O)/C=C/c2ccc(Cl)cc2Cl)[C@H](OC(C)=O)[C@H]1O[C@H]1O[C@@H](COC(C)=O)[C@@H](OC(C)=O)[C@@H](OC(C)=O)[C@@H]1OC(C)=O. The van der Waals surface area contributed by atoms with Gasteiger partial charge in [0.1, 0.15) is 37.6 Å². The third-order valence-electron chi connectivity index (χ3n) is 7.61. The van der Waals surface area contributed by atoms with E-state index in [1.54, 1.807) is 6.07 Å². The van der Waals surface area contributed by atoms with Gasteiger partial charge < -0.3 is 52.7 Å². The molecule has 2 heterocycles. The molecule has 19 nitrogen and oxygen atoms in total. The summed E-state index contributed by atoms with van der Waals surface area (Å²) in [7, 11) is 0. The van der Waals surface area contributed by atoms with Crippen LogP contribution in [0.4, 0.5) is 0 Å². The molecular weight excluding hydrogens is 793 g/mol. The Bertz CT molecular complexity index is 1680. The van der Waals surface area contributed by atoms with Crippen molar-refractivity contribution < 1.29 is 85.7 Å². The van der Waals surface area contributed by atoms with Gasteiger partial charge in [-0.05, 0) is 23.8 Å². The lowest BCUT2D eigenvalue weighted by Gasteiger charge is -2.48. The average Bonchev–Trinajstić information content (AvgIpc) is 3.06. The normalized spacial score (nSPS) is 27.2. The molecule has 0 unspecified atom stereocenters. The Kier molecular flexibility index (Phi) is 17.0. The molecule has 21 heteroatoms. The van der Waals surface area contributed by atoms with Crippen LogP contribution in [-0.2, 0) is 85.7 Å². The molecule has 56 heavy (non-hydrogen) atoms. The zero-order chi connectivity index (χ0) is 41.9. The van der Waals surface area contributed by atoms with E-state index in [1.807, 2.05) is 0 Å². The predicted molar refractivity (Wildman–Crippen MR) is 187 cm³/mol. The fourth-order valence-corrected chi connectivity index (χ4v) is 6.09. The highest BCUT2D eigenvalue weighted by Gasteiger charge is 2.57. The van der Waals surface area contributed by atoms with Crippen molar-refractivity contribution in [3.8, 4) is 0 Å². The van der Waals surface area contributed by atoms with Crippen LogP contribution in [0, 0.1) is 0 Å². The first-order valence-electron chi connectivity index (χ1n) is 16.8. The molecule has 2 aliphatic heterocycles. The summed E-state index contributed by atoms with van der Waals surface area (Å²) >= 11 is 12.2. The fraction of sp³-hybridized carbons (Fsp3) is 0.543. The molecule has 0 radical (unpaired) electrons. The van der Waals surface area contributed by atoms with Crippen molar-refractivity contribution in [2.24, 2.45) is 0 Å². The summed E-state index contributed by atoms with van der Waals surface area (Å²) in [5.74, 6) is -7.03. The maximum absolute atomic E-state index is 13.4. The monoisotopic (exact) mass is 833 g/mol. The van der Waals surface area contributed by atoms with Gasteiger partial charge in [0.2, 0.25) is 12.2 Å². The third-order valence-corrected chi connectivity index (χ3v) is 8.17. The van der Waals surface area contributed by atoms with E-state index < -0.39 is 122 Å². The van der Waals surface area contributed by atoms with Crippen LogP contribution >= 0.6 is 23.2 Å². The molecule has 0 bridgehead atoms. The van der Waals surface area contributed by atoms with Gasteiger partial charge in [0.15, 0.2) is 30.7 Å². The number of carbonyl (C=O) groups excluding carboxylic acids is 8. The van der Waals surface area contributed by atoms with E-state index in [9.17, 15) is 38.4 Å². The van der Waals surface area contributed by atoms with Crippen LogP contribution in [-0.4, -0.2) is 122 Å². The minimum atomic E-state index is -1.87. The molecule has 0 spiro atoms. The zero-order valence-corrected chi connectivity index (χ0v) is 32.7. The van der Waals surface area contributed by atoms with Crippen LogP contribution in [0.3, 0.4) is 0 Å². The van der Waals surface area contributed by atoms with Crippen molar-refractivity contribution in [3.63, 3.8) is 0 Å². The van der Waals surface area contributed by atoms with Crippen LogP contribution in [0.15, 0.2) is 24.3 Å². The van der Waals surface area contributed by atoms with Crippen LogP contribution in [0.5, 0.6) is 0 Å². The summed E-state index contributed by atoms with van der Waals surface area (Å²) in [6.45, 7) is 6.01. The predicted octanol–water partition coefficient (Wildman–Crippen LogP) is 1.74.